The maximum absolute atomic E-state index is 12.1. The predicted molar refractivity (Wildman–Crippen MR) is 90.1 cm³/mol. The van der Waals surface area contributed by atoms with Crippen molar-refractivity contribution >= 4 is 27.2 Å². The Balaban J connectivity index is 1.96. The first kappa shape index (κ1) is 17.7. The van der Waals surface area contributed by atoms with Gasteiger partial charge < -0.3 is 10.1 Å². The Bertz CT molecular complexity index is 840. The fraction of sp³-hybridized carbons (Fsp3) is 0.176. The molecule has 0 fully saturated rings. The van der Waals surface area contributed by atoms with Gasteiger partial charge in [0, 0.05) is 24.4 Å². The van der Waals surface area contributed by atoms with E-state index in [0.717, 1.165) is 6.26 Å². The number of amides is 1. The molecule has 6 nitrogen and oxygen atoms in total. The van der Waals surface area contributed by atoms with E-state index in [1.165, 1.54) is 31.2 Å². The van der Waals surface area contributed by atoms with Crippen molar-refractivity contribution in [3.8, 4) is 5.75 Å². The summed E-state index contributed by atoms with van der Waals surface area (Å²) in [4.78, 5) is 23.2. The number of carbonyl (C=O) groups excluding carboxylic acids is 2. The number of anilines is 1. The number of hydrogen-bond acceptors (Lipinski definition) is 5. The van der Waals surface area contributed by atoms with Crippen molar-refractivity contribution in [3.63, 3.8) is 0 Å². The first-order valence-electron chi connectivity index (χ1n) is 7.09. The van der Waals surface area contributed by atoms with Crippen molar-refractivity contribution in [2.24, 2.45) is 0 Å². The highest BCUT2D eigenvalue weighted by Gasteiger charge is 2.09. The minimum Gasteiger partial charge on any atom is -0.485 e. The molecule has 0 heterocycles. The Hall–Kier alpha value is -2.67. The highest BCUT2D eigenvalue weighted by Crippen LogP contribution is 2.16. The summed E-state index contributed by atoms with van der Waals surface area (Å²) >= 11 is 0. The van der Waals surface area contributed by atoms with Crippen molar-refractivity contribution < 1.29 is 22.7 Å². The third-order valence-corrected chi connectivity index (χ3v) is 4.28. The molecule has 126 valence electrons. The smallest absolute Gasteiger partial charge is 0.221 e. The molecule has 0 aliphatic carbocycles. The lowest BCUT2D eigenvalue weighted by Crippen LogP contribution is -2.12. The molecule has 0 spiro atoms. The molecule has 0 radical (unpaired) electrons. The Labute approximate surface area is 140 Å². The molecule has 2 aromatic carbocycles. The van der Waals surface area contributed by atoms with Gasteiger partial charge in [0.15, 0.2) is 22.2 Å². The molecule has 0 bridgehead atoms. The number of Topliss-reactive ketones (excluding diaryl/α,β-unsaturated/α-hetero) is 1. The third-order valence-electron chi connectivity index (χ3n) is 3.15. The van der Waals surface area contributed by atoms with E-state index in [-0.39, 0.29) is 23.2 Å². The number of ether oxygens (including phenoxy) is 1. The van der Waals surface area contributed by atoms with Gasteiger partial charge in [0.2, 0.25) is 5.91 Å². The zero-order chi connectivity index (χ0) is 17.7. The number of hydrogen-bond donors (Lipinski definition) is 1. The second kappa shape index (κ2) is 7.27. The second-order valence-electron chi connectivity index (χ2n) is 5.21. The van der Waals surface area contributed by atoms with E-state index in [1.807, 2.05) is 0 Å². The minimum absolute atomic E-state index is 0.169. The number of ketones is 1. The molecule has 0 saturated carbocycles. The number of benzene rings is 2. The van der Waals surface area contributed by atoms with Gasteiger partial charge in [-0.15, -0.1) is 0 Å². The molecule has 1 N–H and O–H groups in total. The van der Waals surface area contributed by atoms with Crippen molar-refractivity contribution in [2.75, 3.05) is 18.2 Å². The number of rotatable bonds is 6. The lowest BCUT2D eigenvalue weighted by Gasteiger charge is -2.07. The molecule has 0 aliphatic rings. The fourth-order valence-corrected chi connectivity index (χ4v) is 2.59. The van der Waals surface area contributed by atoms with Crippen LogP contribution < -0.4 is 10.1 Å². The van der Waals surface area contributed by atoms with E-state index in [0.29, 0.717) is 17.0 Å². The zero-order valence-corrected chi connectivity index (χ0v) is 14.1. The van der Waals surface area contributed by atoms with Crippen LogP contribution in [-0.4, -0.2) is 33.0 Å². The average Bonchev–Trinajstić information content (AvgIpc) is 2.52. The summed E-state index contributed by atoms with van der Waals surface area (Å²) in [6.45, 7) is 1.24. The van der Waals surface area contributed by atoms with Gasteiger partial charge in [-0.3, -0.25) is 9.59 Å². The van der Waals surface area contributed by atoms with E-state index < -0.39 is 9.84 Å². The molecule has 24 heavy (non-hydrogen) atoms. The maximum Gasteiger partial charge on any atom is 0.221 e. The van der Waals surface area contributed by atoms with Crippen LogP contribution in [0.4, 0.5) is 5.69 Å². The van der Waals surface area contributed by atoms with Gasteiger partial charge in [0.1, 0.15) is 5.75 Å². The van der Waals surface area contributed by atoms with Crippen LogP contribution in [0.25, 0.3) is 0 Å². The molecule has 0 aromatic heterocycles. The van der Waals surface area contributed by atoms with E-state index in [1.54, 1.807) is 24.3 Å². The quantitative estimate of drug-likeness (QED) is 0.810. The molecular formula is C17H17NO5S. The van der Waals surface area contributed by atoms with Gasteiger partial charge >= 0.3 is 0 Å². The highest BCUT2D eigenvalue weighted by atomic mass is 32.2. The third kappa shape index (κ3) is 4.92. The van der Waals surface area contributed by atoms with E-state index in [2.05, 4.69) is 5.32 Å². The lowest BCUT2D eigenvalue weighted by atomic mass is 10.1. The maximum atomic E-state index is 12.1. The van der Waals surface area contributed by atoms with Crippen LogP contribution in [0.5, 0.6) is 5.75 Å². The van der Waals surface area contributed by atoms with Crippen molar-refractivity contribution in [2.45, 2.75) is 11.8 Å². The van der Waals surface area contributed by atoms with Crippen LogP contribution in [0.2, 0.25) is 0 Å². The standard InChI is InChI=1S/C17H17NO5S/c1-12(19)18-14-5-3-13(4-6-14)17(20)11-23-15-7-9-16(10-8-15)24(2,21)22/h3-10H,11H2,1-2H3,(H,18,19). The molecule has 2 rings (SSSR count). The van der Waals surface area contributed by atoms with E-state index in [4.69, 9.17) is 4.74 Å². The second-order valence-corrected chi connectivity index (χ2v) is 7.23. The predicted octanol–water partition coefficient (Wildman–Crippen LogP) is 2.31. The topological polar surface area (TPSA) is 89.5 Å². The molecule has 1 amide bonds. The number of carbonyl (C=O) groups is 2. The minimum atomic E-state index is -3.26. The largest absolute Gasteiger partial charge is 0.485 e. The molecule has 0 unspecified atom stereocenters. The van der Waals surface area contributed by atoms with Gasteiger partial charge in [0.25, 0.3) is 0 Å². The Morgan fingerprint density at radius 3 is 2.08 bits per heavy atom. The Morgan fingerprint density at radius 1 is 1.00 bits per heavy atom. The van der Waals surface area contributed by atoms with Gasteiger partial charge in [0.05, 0.1) is 4.90 Å². The molecule has 0 atom stereocenters. The highest BCUT2D eigenvalue weighted by molar-refractivity contribution is 7.90. The summed E-state index contributed by atoms with van der Waals surface area (Å²) in [6, 6.07) is 12.3. The van der Waals surface area contributed by atoms with Crippen molar-refractivity contribution in [1.29, 1.82) is 0 Å². The van der Waals surface area contributed by atoms with Crippen LogP contribution in [-0.2, 0) is 14.6 Å². The first-order chi connectivity index (χ1) is 11.3. The summed E-state index contributed by atoms with van der Waals surface area (Å²) in [5.74, 6) is -0.00266. The summed E-state index contributed by atoms with van der Waals surface area (Å²) in [7, 11) is -3.26. The Kier molecular flexibility index (Phi) is 5.35. The number of nitrogens with one attached hydrogen (secondary N) is 1. The van der Waals surface area contributed by atoms with Crippen molar-refractivity contribution in [3.05, 3.63) is 54.1 Å². The Morgan fingerprint density at radius 2 is 1.58 bits per heavy atom. The summed E-state index contributed by atoms with van der Waals surface area (Å²) in [5, 5.41) is 2.62. The van der Waals surface area contributed by atoms with Gasteiger partial charge in [-0.25, -0.2) is 8.42 Å². The normalized spacial score (nSPS) is 10.9. The monoisotopic (exact) mass is 347 g/mol. The van der Waals surface area contributed by atoms with Crippen LogP contribution in [0.15, 0.2) is 53.4 Å². The van der Waals surface area contributed by atoms with Crippen LogP contribution >= 0.6 is 0 Å². The number of sulfone groups is 1. The van der Waals surface area contributed by atoms with E-state index in [9.17, 15) is 18.0 Å². The van der Waals surface area contributed by atoms with Crippen molar-refractivity contribution in [1.82, 2.24) is 0 Å². The summed E-state index contributed by atoms with van der Waals surface area (Å²) in [5.41, 5.74) is 1.06. The molecule has 2 aromatic rings. The average molecular weight is 347 g/mol. The zero-order valence-electron chi connectivity index (χ0n) is 13.3. The van der Waals surface area contributed by atoms with Crippen LogP contribution in [0, 0.1) is 0 Å². The molecule has 0 aliphatic heterocycles. The van der Waals surface area contributed by atoms with Gasteiger partial charge in [-0.05, 0) is 48.5 Å². The fourth-order valence-electron chi connectivity index (χ4n) is 1.96. The van der Waals surface area contributed by atoms with E-state index >= 15 is 0 Å². The van der Waals surface area contributed by atoms with Crippen LogP contribution in [0.1, 0.15) is 17.3 Å². The van der Waals surface area contributed by atoms with Gasteiger partial charge in [-0.2, -0.15) is 0 Å². The molecule has 0 saturated heterocycles. The summed E-state index contributed by atoms with van der Waals surface area (Å²) < 4.78 is 28.1. The first-order valence-corrected chi connectivity index (χ1v) is 8.98. The summed E-state index contributed by atoms with van der Waals surface area (Å²) in [6.07, 6.45) is 1.12. The lowest BCUT2D eigenvalue weighted by molar-refractivity contribution is -0.114. The van der Waals surface area contributed by atoms with Gasteiger partial charge in [-0.1, -0.05) is 0 Å². The SMILES string of the molecule is CC(=O)Nc1ccc(C(=O)COc2ccc(S(C)(=O)=O)cc2)cc1. The van der Waals surface area contributed by atoms with Crippen LogP contribution in [0.3, 0.4) is 0 Å². The molecule has 7 heteroatoms. The molecular weight excluding hydrogens is 330 g/mol.